The Hall–Kier alpha value is -0.160. The minimum atomic E-state index is -0.748. The van der Waals surface area contributed by atoms with E-state index in [0.29, 0.717) is 18.9 Å². The Morgan fingerprint density at radius 3 is 2.44 bits per heavy atom. The van der Waals surface area contributed by atoms with Crippen LogP contribution >= 0.6 is 0 Å². The Balaban J connectivity index is 3.99. The van der Waals surface area contributed by atoms with Gasteiger partial charge in [-0.3, -0.25) is 0 Å². The van der Waals surface area contributed by atoms with E-state index in [2.05, 4.69) is 18.7 Å². The van der Waals surface area contributed by atoms with E-state index < -0.39 is 5.60 Å². The maximum Gasteiger partial charge on any atom is 0.0753 e. The summed E-state index contributed by atoms with van der Waals surface area (Å²) >= 11 is 0. The fourth-order valence-corrected chi connectivity index (χ4v) is 1.53. The summed E-state index contributed by atoms with van der Waals surface area (Å²) in [4.78, 5) is 2.32. The highest BCUT2D eigenvalue weighted by atomic mass is 16.5. The first kappa shape index (κ1) is 15.8. The molecule has 0 radical (unpaired) electrons. The lowest BCUT2D eigenvalue weighted by atomic mass is 10.0. The minimum Gasteiger partial charge on any atom is -0.389 e. The molecule has 0 aliphatic carbocycles. The molecule has 0 aromatic rings. The van der Waals surface area contributed by atoms with Crippen LogP contribution in [0.15, 0.2) is 0 Å². The molecule has 3 N–H and O–H groups in total. The fraction of sp³-hybridized carbons (Fsp3) is 1.00. The van der Waals surface area contributed by atoms with Crippen LogP contribution in [0.5, 0.6) is 0 Å². The van der Waals surface area contributed by atoms with Crippen molar-refractivity contribution in [1.29, 1.82) is 0 Å². The Morgan fingerprint density at radius 1 is 1.38 bits per heavy atom. The second kappa shape index (κ2) is 8.01. The molecule has 0 spiro atoms. The Morgan fingerprint density at radius 2 is 2.00 bits per heavy atom. The van der Waals surface area contributed by atoms with E-state index in [-0.39, 0.29) is 0 Å². The number of hydrogen-bond donors (Lipinski definition) is 2. The smallest absolute Gasteiger partial charge is 0.0753 e. The van der Waals surface area contributed by atoms with Crippen LogP contribution in [0.25, 0.3) is 0 Å². The van der Waals surface area contributed by atoms with Crippen LogP contribution in [0.1, 0.15) is 27.2 Å². The third kappa shape index (κ3) is 8.05. The normalized spacial score (nSPS) is 15.8. The van der Waals surface area contributed by atoms with Crippen molar-refractivity contribution >= 4 is 0 Å². The summed E-state index contributed by atoms with van der Waals surface area (Å²) in [5.74, 6) is 0.625. The number of hydrogen-bond acceptors (Lipinski definition) is 4. The molecule has 0 aromatic heterocycles. The lowest BCUT2D eigenvalue weighted by Crippen LogP contribution is -2.40. The molecule has 0 saturated carbocycles. The van der Waals surface area contributed by atoms with Crippen LogP contribution < -0.4 is 5.73 Å². The molecule has 0 fully saturated rings. The van der Waals surface area contributed by atoms with Gasteiger partial charge < -0.3 is 20.5 Å². The lowest BCUT2D eigenvalue weighted by Gasteiger charge is -2.28. The van der Waals surface area contributed by atoms with Crippen LogP contribution in [-0.4, -0.2) is 55.5 Å². The van der Waals surface area contributed by atoms with Gasteiger partial charge in [-0.2, -0.15) is 0 Å². The summed E-state index contributed by atoms with van der Waals surface area (Å²) in [5, 5.41) is 9.85. The first-order valence-corrected chi connectivity index (χ1v) is 6.05. The molecule has 0 aromatic carbocycles. The molecule has 16 heavy (non-hydrogen) atoms. The molecule has 0 amide bonds. The van der Waals surface area contributed by atoms with Crippen molar-refractivity contribution in [2.75, 3.05) is 39.9 Å². The van der Waals surface area contributed by atoms with Gasteiger partial charge in [-0.15, -0.1) is 0 Å². The molecule has 0 rings (SSSR count). The average molecular weight is 232 g/mol. The molecule has 1 unspecified atom stereocenters. The standard InChI is InChI=1S/C12H28N2O2/c1-11(2)9-14(7-8-16-4)6-5-12(3,15)10-13/h11,15H,5-10,13H2,1-4H3. The second-order valence-corrected chi connectivity index (χ2v) is 5.14. The molecule has 98 valence electrons. The molecule has 0 aliphatic rings. The van der Waals surface area contributed by atoms with E-state index in [1.165, 1.54) is 0 Å². The van der Waals surface area contributed by atoms with Gasteiger partial charge >= 0.3 is 0 Å². The summed E-state index contributed by atoms with van der Waals surface area (Å²) < 4.78 is 5.08. The molecule has 0 bridgehead atoms. The van der Waals surface area contributed by atoms with Gasteiger partial charge in [-0.1, -0.05) is 13.8 Å². The van der Waals surface area contributed by atoms with Crippen LogP contribution in [0, 0.1) is 5.92 Å². The van der Waals surface area contributed by atoms with Crippen LogP contribution in [0.4, 0.5) is 0 Å². The summed E-state index contributed by atoms with van der Waals surface area (Å²) in [5.41, 5.74) is 4.75. The number of nitrogens with two attached hydrogens (primary N) is 1. The zero-order chi connectivity index (χ0) is 12.6. The first-order valence-electron chi connectivity index (χ1n) is 6.05. The zero-order valence-corrected chi connectivity index (χ0v) is 11.2. The number of rotatable bonds is 9. The van der Waals surface area contributed by atoms with E-state index in [0.717, 1.165) is 26.2 Å². The van der Waals surface area contributed by atoms with Gasteiger partial charge in [0.15, 0.2) is 0 Å². The molecule has 0 aliphatic heterocycles. The van der Waals surface area contributed by atoms with Crippen LogP contribution in [-0.2, 0) is 4.74 Å². The maximum atomic E-state index is 9.85. The predicted octanol–water partition coefficient (Wildman–Crippen LogP) is 0.691. The summed E-state index contributed by atoms with van der Waals surface area (Å²) in [6.45, 7) is 10.0. The van der Waals surface area contributed by atoms with Crippen LogP contribution in [0.3, 0.4) is 0 Å². The molecule has 1 atom stereocenters. The highest BCUT2D eigenvalue weighted by Gasteiger charge is 2.19. The SMILES string of the molecule is COCCN(CCC(C)(O)CN)CC(C)C. The Bertz CT molecular complexity index is 172. The highest BCUT2D eigenvalue weighted by Crippen LogP contribution is 2.09. The molecular weight excluding hydrogens is 204 g/mol. The van der Waals surface area contributed by atoms with Crippen molar-refractivity contribution in [2.24, 2.45) is 11.7 Å². The maximum absolute atomic E-state index is 9.85. The van der Waals surface area contributed by atoms with Crippen molar-refractivity contribution in [1.82, 2.24) is 4.90 Å². The molecule has 0 saturated heterocycles. The minimum absolute atomic E-state index is 0.312. The second-order valence-electron chi connectivity index (χ2n) is 5.14. The van der Waals surface area contributed by atoms with E-state index in [1.54, 1.807) is 14.0 Å². The van der Waals surface area contributed by atoms with E-state index >= 15 is 0 Å². The summed E-state index contributed by atoms with van der Waals surface area (Å²) in [6, 6.07) is 0. The topological polar surface area (TPSA) is 58.7 Å². The molecule has 4 heteroatoms. The van der Waals surface area contributed by atoms with E-state index in [9.17, 15) is 5.11 Å². The summed E-state index contributed by atoms with van der Waals surface area (Å²) in [7, 11) is 1.71. The number of ether oxygens (including phenoxy) is 1. The summed E-state index contributed by atoms with van der Waals surface area (Å²) in [6.07, 6.45) is 0.708. The Labute approximate surface area is 99.8 Å². The van der Waals surface area contributed by atoms with Gasteiger partial charge in [0.2, 0.25) is 0 Å². The fourth-order valence-electron chi connectivity index (χ4n) is 1.53. The van der Waals surface area contributed by atoms with Gasteiger partial charge in [0.25, 0.3) is 0 Å². The van der Waals surface area contributed by atoms with Crippen molar-refractivity contribution in [3.05, 3.63) is 0 Å². The van der Waals surface area contributed by atoms with Crippen molar-refractivity contribution < 1.29 is 9.84 Å². The van der Waals surface area contributed by atoms with Crippen LogP contribution in [0.2, 0.25) is 0 Å². The number of nitrogens with zero attached hydrogens (tertiary/aromatic N) is 1. The van der Waals surface area contributed by atoms with E-state index in [4.69, 9.17) is 10.5 Å². The van der Waals surface area contributed by atoms with Crippen molar-refractivity contribution in [3.63, 3.8) is 0 Å². The van der Waals surface area contributed by atoms with Crippen molar-refractivity contribution in [2.45, 2.75) is 32.8 Å². The largest absolute Gasteiger partial charge is 0.389 e. The Kier molecular flexibility index (Phi) is 7.93. The monoisotopic (exact) mass is 232 g/mol. The van der Waals surface area contributed by atoms with Gasteiger partial charge in [0.05, 0.1) is 12.2 Å². The van der Waals surface area contributed by atoms with Gasteiger partial charge in [-0.05, 0) is 19.3 Å². The molecular formula is C12H28N2O2. The zero-order valence-electron chi connectivity index (χ0n) is 11.2. The highest BCUT2D eigenvalue weighted by molar-refractivity contribution is 4.75. The van der Waals surface area contributed by atoms with Gasteiger partial charge in [-0.25, -0.2) is 0 Å². The third-order valence-electron chi connectivity index (χ3n) is 2.64. The van der Waals surface area contributed by atoms with Crippen molar-refractivity contribution in [3.8, 4) is 0 Å². The number of aliphatic hydroxyl groups is 1. The lowest BCUT2D eigenvalue weighted by molar-refractivity contribution is 0.0420. The molecule has 4 nitrogen and oxygen atoms in total. The average Bonchev–Trinajstić information content (AvgIpc) is 2.21. The van der Waals surface area contributed by atoms with Gasteiger partial charge in [0.1, 0.15) is 0 Å². The molecule has 0 heterocycles. The van der Waals surface area contributed by atoms with Gasteiger partial charge in [0, 0.05) is 33.3 Å². The quantitative estimate of drug-likeness (QED) is 0.614. The number of methoxy groups -OCH3 is 1. The first-order chi connectivity index (χ1) is 7.41. The third-order valence-corrected chi connectivity index (χ3v) is 2.64. The van der Waals surface area contributed by atoms with E-state index in [1.807, 2.05) is 0 Å². The predicted molar refractivity (Wildman–Crippen MR) is 67.4 cm³/mol.